The minimum absolute atomic E-state index is 0.0280. The van der Waals surface area contributed by atoms with Crippen LogP contribution in [0, 0.1) is 5.92 Å². The number of nitrogens with zero attached hydrogens (tertiary/aromatic N) is 1. The summed E-state index contributed by atoms with van der Waals surface area (Å²) in [4.78, 5) is 41.9. The van der Waals surface area contributed by atoms with Crippen LogP contribution in [0.15, 0.2) is 24.3 Å². The van der Waals surface area contributed by atoms with Crippen LogP contribution in [-0.2, 0) is 14.3 Å². The van der Waals surface area contributed by atoms with Crippen LogP contribution in [0.5, 0.6) is 5.75 Å². The molecule has 0 bridgehead atoms. The van der Waals surface area contributed by atoms with Gasteiger partial charge in [0.15, 0.2) is 0 Å². The number of alkyl carbamates (subject to hydrolysis) is 1. The predicted molar refractivity (Wildman–Crippen MR) is 136 cm³/mol. The van der Waals surface area contributed by atoms with E-state index in [4.69, 9.17) is 4.74 Å². The molecule has 1 fully saturated rings. The van der Waals surface area contributed by atoms with Crippen molar-refractivity contribution in [2.24, 2.45) is 5.92 Å². The SMILES string of the molecule is CCCCNC(=O)C(c1cccc(O)c1)N(C(=O)C(NC(=O)OC(C)(C)C)C(C)CC)C1CCC1. The van der Waals surface area contributed by atoms with Crippen molar-refractivity contribution in [3.63, 3.8) is 0 Å². The largest absolute Gasteiger partial charge is 0.508 e. The van der Waals surface area contributed by atoms with E-state index in [1.54, 1.807) is 37.8 Å². The molecule has 0 saturated heterocycles. The first-order chi connectivity index (χ1) is 16.5. The highest BCUT2D eigenvalue weighted by atomic mass is 16.6. The highest BCUT2D eigenvalue weighted by molar-refractivity contribution is 5.92. The summed E-state index contributed by atoms with van der Waals surface area (Å²) in [6.07, 6.45) is 4.28. The van der Waals surface area contributed by atoms with Gasteiger partial charge >= 0.3 is 6.09 Å². The zero-order valence-electron chi connectivity index (χ0n) is 22.1. The number of ether oxygens (including phenoxy) is 1. The fourth-order valence-corrected chi connectivity index (χ4v) is 4.08. The van der Waals surface area contributed by atoms with E-state index in [2.05, 4.69) is 10.6 Å². The molecule has 0 radical (unpaired) electrons. The fourth-order valence-electron chi connectivity index (χ4n) is 4.08. The lowest BCUT2D eigenvalue weighted by atomic mass is 9.86. The number of unbranched alkanes of at least 4 members (excludes halogenated alkanes) is 1. The summed E-state index contributed by atoms with van der Waals surface area (Å²) in [6, 6.07) is 4.61. The molecule has 0 spiro atoms. The number of carbonyl (C=O) groups excluding carboxylic acids is 3. The molecule has 0 aromatic heterocycles. The Kier molecular flexibility index (Phi) is 10.4. The Labute approximate surface area is 209 Å². The van der Waals surface area contributed by atoms with E-state index in [1.807, 2.05) is 20.8 Å². The average molecular weight is 490 g/mol. The van der Waals surface area contributed by atoms with Crippen molar-refractivity contribution in [3.05, 3.63) is 29.8 Å². The summed E-state index contributed by atoms with van der Waals surface area (Å²) in [5, 5.41) is 15.9. The zero-order chi connectivity index (χ0) is 26.2. The van der Waals surface area contributed by atoms with Crippen molar-refractivity contribution in [3.8, 4) is 5.75 Å². The standard InChI is InChI=1S/C27H43N3O5/c1-7-9-16-28-24(32)23(19-12-10-15-21(31)17-19)30(20-13-11-14-20)25(33)22(18(3)8-2)29-26(34)35-27(4,5)6/h10,12,15,17-18,20,22-23,31H,7-9,11,13-14,16H2,1-6H3,(H,28,32)(H,29,34). The molecule has 1 aliphatic carbocycles. The van der Waals surface area contributed by atoms with Crippen molar-refractivity contribution in [1.29, 1.82) is 0 Å². The second kappa shape index (κ2) is 12.8. The third-order valence-corrected chi connectivity index (χ3v) is 6.42. The number of nitrogens with one attached hydrogen (secondary N) is 2. The lowest BCUT2D eigenvalue weighted by molar-refractivity contribution is -0.148. The van der Waals surface area contributed by atoms with Crippen LogP contribution in [0.3, 0.4) is 0 Å². The maximum Gasteiger partial charge on any atom is 0.408 e. The van der Waals surface area contributed by atoms with E-state index < -0.39 is 23.8 Å². The maximum absolute atomic E-state index is 14.1. The van der Waals surface area contributed by atoms with Gasteiger partial charge in [-0.25, -0.2) is 4.79 Å². The Morgan fingerprint density at radius 2 is 1.89 bits per heavy atom. The van der Waals surface area contributed by atoms with Gasteiger partial charge in [-0.2, -0.15) is 0 Å². The van der Waals surface area contributed by atoms with Crippen LogP contribution in [-0.4, -0.2) is 52.1 Å². The van der Waals surface area contributed by atoms with E-state index >= 15 is 0 Å². The Morgan fingerprint density at radius 1 is 1.20 bits per heavy atom. The maximum atomic E-state index is 14.1. The number of aromatic hydroxyl groups is 1. The molecular formula is C27H43N3O5. The minimum Gasteiger partial charge on any atom is -0.508 e. The molecule has 2 rings (SSSR count). The molecule has 1 aromatic carbocycles. The van der Waals surface area contributed by atoms with E-state index in [9.17, 15) is 19.5 Å². The smallest absolute Gasteiger partial charge is 0.408 e. The van der Waals surface area contributed by atoms with Gasteiger partial charge in [0.25, 0.3) is 0 Å². The molecule has 35 heavy (non-hydrogen) atoms. The summed E-state index contributed by atoms with van der Waals surface area (Å²) in [5.41, 5.74) is -0.163. The molecule has 3 amide bonds. The summed E-state index contributed by atoms with van der Waals surface area (Å²) in [6.45, 7) is 11.7. The number of hydrogen-bond acceptors (Lipinski definition) is 5. The van der Waals surface area contributed by atoms with Crippen molar-refractivity contribution in [1.82, 2.24) is 15.5 Å². The van der Waals surface area contributed by atoms with Gasteiger partial charge in [-0.1, -0.05) is 45.7 Å². The topological polar surface area (TPSA) is 108 Å². The minimum atomic E-state index is -0.913. The molecule has 3 atom stereocenters. The molecule has 0 heterocycles. The normalized spacial score (nSPS) is 16.4. The van der Waals surface area contributed by atoms with Gasteiger partial charge in [-0.15, -0.1) is 0 Å². The summed E-state index contributed by atoms with van der Waals surface area (Å²) >= 11 is 0. The quantitative estimate of drug-likeness (QED) is 0.392. The summed E-state index contributed by atoms with van der Waals surface area (Å²) in [5.74, 6) is -0.746. The second-order valence-electron chi connectivity index (χ2n) is 10.5. The van der Waals surface area contributed by atoms with Crippen molar-refractivity contribution < 1.29 is 24.2 Å². The van der Waals surface area contributed by atoms with Crippen LogP contribution < -0.4 is 10.6 Å². The Bertz CT molecular complexity index is 863. The lowest BCUT2D eigenvalue weighted by Crippen LogP contribution is -2.59. The number of carbonyl (C=O) groups is 3. The second-order valence-corrected chi connectivity index (χ2v) is 10.5. The van der Waals surface area contributed by atoms with E-state index in [0.717, 1.165) is 32.1 Å². The van der Waals surface area contributed by atoms with Gasteiger partial charge in [0.1, 0.15) is 23.4 Å². The van der Waals surface area contributed by atoms with E-state index in [0.29, 0.717) is 18.5 Å². The highest BCUT2D eigenvalue weighted by Gasteiger charge is 2.43. The molecule has 1 aliphatic rings. The third-order valence-electron chi connectivity index (χ3n) is 6.42. The number of rotatable bonds is 11. The molecule has 196 valence electrons. The van der Waals surface area contributed by atoms with Gasteiger partial charge < -0.3 is 25.4 Å². The number of hydrogen-bond donors (Lipinski definition) is 3. The molecule has 1 aromatic rings. The van der Waals surface area contributed by atoms with Gasteiger partial charge in [-0.05, 0) is 70.1 Å². The predicted octanol–water partition coefficient (Wildman–Crippen LogP) is 4.67. The molecule has 8 heteroatoms. The first-order valence-electron chi connectivity index (χ1n) is 12.9. The van der Waals surface area contributed by atoms with Gasteiger partial charge in [-0.3, -0.25) is 9.59 Å². The van der Waals surface area contributed by atoms with Gasteiger partial charge in [0, 0.05) is 12.6 Å². The third kappa shape index (κ3) is 8.15. The number of phenolic OH excluding ortho intramolecular Hbond substituents is 1. The van der Waals surface area contributed by atoms with Crippen molar-refractivity contribution in [2.45, 2.75) is 104 Å². The number of benzene rings is 1. The first kappa shape index (κ1) is 28.5. The highest BCUT2D eigenvalue weighted by Crippen LogP contribution is 2.35. The average Bonchev–Trinajstić information content (AvgIpc) is 2.74. The Morgan fingerprint density at radius 3 is 2.40 bits per heavy atom. The first-order valence-corrected chi connectivity index (χ1v) is 12.9. The van der Waals surface area contributed by atoms with Crippen LogP contribution >= 0.6 is 0 Å². The number of amides is 3. The van der Waals surface area contributed by atoms with Gasteiger partial charge in [0.05, 0.1) is 0 Å². The monoisotopic (exact) mass is 489 g/mol. The Hall–Kier alpha value is -2.77. The summed E-state index contributed by atoms with van der Waals surface area (Å²) < 4.78 is 5.43. The molecule has 3 N–H and O–H groups in total. The number of phenols is 1. The van der Waals surface area contributed by atoms with Crippen LogP contribution in [0.2, 0.25) is 0 Å². The fraction of sp³-hybridized carbons (Fsp3) is 0.667. The van der Waals surface area contributed by atoms with Crippen molar-refractivity contribution >= 4 is 17.9 Å². The molecule has 0 aliphatic heterocycles. The van der Waals surface area contributed by atoms with Crippen LogP contribution in [0.4, 0.5) is 4.79 Å². The molecule has 3 unspecified atom stereocenters. The lowest BCUT2D eigenvalue weighted by Gasteiger charge is -2.44. The zero-order valence-corrected chi connectivity index (χ0v) is 22.1. The molecule has 8 nitrogen and oxygen atoms in total. The van der Waals surface area contributed by atoms with Crippen LogP contribution in [0.1, 0.15) is 91.7 Å². The van der Waals surface area contributed by atoms with Crippen molar-refractivity contribution in [2.75, 3.05) is 6.54 Å². The Balaban J connectivity index is 2.46. The molecular weight excluding hydrogens is 446 g/mol. The molecule has 1 saturated carbocycles. The van der Waals surface area contributed by atoms with E-state index in [-0.39, 0.29) is 29.5 Å². The van der Waals surface area contributed by atoms with E-state index in [1.165, 1.54) is 12.1 Å². The van der Waals surface area contributed by atoms with Gasteiger partial charge in [0.2, 0.25) is 11.8 Å². The summed E-state index contributed by atoms with van der Waals surface area (Å²) in [7, 11) is 0. The van der Waals surface area contributed by atoms with Crippen LogP contribution in [0.25, 0.3) is 0 Å².